The number of hydrogen-bond donors (Lipinski definition) is 2. The Bertz CT molecular complexity index is 708. The molecule has 0 amide bonds. The summed E-state index contributed by atoms with van der Waals surface area (Å²) in [7, 11) is 0. The van der Waals surface area contributed by atoms with E-state index >= 15 is 0 Å². The number of benzene rings is 1. The Morgan fingerprint density at radius 1 is 1.30 bits per heavy atom. The SMILES string of the molecule is Cc1cc2c(NC(CO)c3ccccc3)nccn2n1. The topological polar surface area (TPSA) is 62.5 Å². The van der Waals surface area contributed by atoms with E-state index in [-0.39, 0.29) is 12.6 Å². The molecule has 0 saturated heterocycles. The molecule has 0 aliphatic rings. The minimum Gasteiger partial charge on any atom is -0.394 e. The first-order valence-electron chi connectivity index (χ1n) is 6.51. The number of aliphatic hydroxyl groups excluding tert-OH is 1. The van der Waals surface area contributed by atoms with E-state index in [1.807, 2.05) is 49.5 Å². The Labute approximate surface area is 116 Å². The van der Waals surface area contributed by atoms with Gasteiger partial charge in [0, 0.05) is 12.4 Å². The minimum atomic E-state index is -0.190. The van der Waals surface area contributed by atoms with Gasteiger partial charge in [-0.05, 0) is 18.6 Å². The molecule has 102 valence electrons. The number of anilines is 1. The van der Waals surface area contributed by atoms with Crippen LogP contribution in [0.1, 0.15) is 17.3 Å². The third-order valence-electron chi connectivity index (χ3n) is 3.21. The number of aliphatic hydroxyl groups is 1. The summed E-state index contributed by atoms with van der Waals surface area (Å²) in [4.78, 5) is 4.35. The highest BCUT2D eigenvalue weighted by molar-refractivity contribution is 5.68. The summed E-state index contributed by atoms with van der Waals surface area (Å²) in [5, 5.41) is 17.2. The lowest BCUT2D eigenvalue weighted by Gasteiger charge is -2.17. The molecule has 0 fully saturated rings. The molecule has 0 aliphatic carbocycles. The highest BCUT2D eigenvalue weighted by Crippen LogP contribution is 2.21. The van der Waals surface area contributed by atoms with Gasteiger partial charge in [0.1, 0.15) is 5.52 Å². The predicted molar refractivity (Wildman–Crippen MR) is 77.6 cm³/mol. The van der Waals surface area contributed by atoms with E-state index in [0.717, 1.165) is 22.6 Å². The number of aromatic nitrogens is 3. The zero-order valence-electron chi connectivity index (χ0n) is 11.2. The molecule has 20 heavy (non-hydrogen) atoms. The number of nitrogens with zero attached hydrogens (tertiary/aromatic N) is 3. The second-order valence-corrected chi connectivity index (χ2v) is 4.68. The van der Waals surface area contributed by atoms with E-state index in [1.54, 1.807) is 10.7 Å². The summed E-state index contributed by atoms with van der Waals surface area (Å²) >= 11 is 0. The molecular weight excluding hydrogens is 252 g/mol. The Kier molecular flexibility index (Phi) is 3.35. The molecule has 0 spiro atoms. The van der Waals surface area contributed by atoms with Crippen LogP contribution in [-0.2, 0) is 0 Å². The number of aryl methyl sites for hydroxylation is 1. The number of hydrogen-bond acceptors (Lipinski definition) is 4. The van der Waals surface area contributed by atoms with Crippen LogP contribution in [0.25, 0.3) is 5.52 Å². The van der Waals surface area contributed by atoms with Crippen molar-refractivity contribution in [2.24, 2.45) is 0 Å². The van der Waals surface area contributed by atoms with Crippen LogP contribution in [0.4, 0.5) is 5.82 Å². The lowest BCUT2D eigenvalue weighted by atomic mass is 10.1. The van der Waals surface area contributed by atoms with E-state index in [9.17, 15) is 5.11 Å². The highest BCUT2D eigenvalue weighted by Gasteiger charge is 2.13. The molecular formula is C15H16N4O. The maximum Gasteiger partial charge on any atom is 0.152 e. The second kappa shape index (κ2) is 5.30. The second-order valence-electron chi connectivity index (χ2n) is 4.68. The van der Waals surface area contributed by atoms with Gasteiger partial charge in [-0.1, -0.05) is 30.3 Å². The van der Waals surface area contributed by atoms with Gasteiger partial charge in [0.2, 0.25) is 0 Å². The van der Waals surface area contributed by atoms with Crippen molar-refractivity contribution in [3.63, 3.8) is 0 Å². The van der Waals surface area contributed by atoms with Gasteiger partial charge in [-0.15, -0.1) is 0 Å². The van der Waals surface area contributed by atoms with Gasteiger partial charge in [-0.3, -0.25) is 0 Å². The molecule has 5 heteroatoms. The van der Waals surface area contributed by atoms with Gasteiger partial charge in [0.25, 0.3) is 0 Å². The van der Waals surface area contributed by atoms with Crippen molar-refractivity contribution in [2.45, 2.75) is 13.0 Å². The Hall–Kier alpha value is -2.40. The minimum absolute atomic E-state index is 0.000132. The van der Waals surface area contributed by atoms with E-state index < -0.39 is 0 Å². The first kappa shape index (κ1) is 12.6. The predicted octanol–water partition coefficient (Wildman–Crippen LogP) is 2.18. The van der Waals surface area contributed by atoms with E-state index in [1.165, 1.54) is 0 Å². The van der Waals surface area contributed by atoms with Crippen molar-refractivity contribution in [1.29, 1.82) is 0 Å². The molecule has 5 nitrogen and oxygen atoms in total. The lowest BCUT2D eigenvalue weighted by Crippen LogP contribution is -2.16. The van der Waals surface area contributed by atoms with Gasteiger partial charge in [0.05, 0.1) is 18.3 Å². The summed E-state index contributed by atoms with van der Waals surface area (Å²) < 4.78 is 1.78. The molecule has 3 aromatic rings. The normalized spacial score (nSPS) is 12.5. The van der Waals surface area contributed by atoms with Crippen LogP contribution in [0.15, 0.2) is 48.8 Å². The van der Waals surface area contributed by atoms with E-state index in [4.69, 9.17) is 0 Å². The van der Waals surface area contributed by atoms with Crippen LogP contribution in [0.5, 0.6) is 0 Å². The van der Waals surface area contributed by atoms with E-state index in [0.29, 0.717) is 0 Å². The van der Waals surface area contributed by atoms with Crippen LogP contribution in [0, 0.1) is 6.92 Å². The number of nitrogens with one attached hydrogen (secondary N) is 1. The number of fused-ring (bicyclic) bond motifs is 1. The van der Waals surface area contributed by atoms with Crippen LogP contribution >= 0.6 is 0 Å². The molecule has 2 aromatic heterocycles. The zero-order valence-corrected chi connectivity index (χ0v) is 11.2. The highest BCUT2D eigenvalue weighted by atomic mass is 16.3. The maximum atomic E-state index is 9.61. The molecule has 1 unspecified atom stereocenters. The molecule has 0 bridgehead atoms. The van der Waals surface area contributed by atoms with Gasteiger partial charge >= 0.3 is 0 Å². The van der Waals surface area contributed by atoms with Crippen molar-refractivity contribution < 1.29 is 5.11 Å². The Balaban J connectivity index is 1.95. The molecule has 0 aliphatic heterocycles. The van der Waals surface area contributed by atoms with Crippen LogP contribution in [0.3, 0.4) is 0 Å². The number of rotatable bonds is 4. The third kappa shape index (κ3) is 2.35. The molecule has 0 saturated carbocycles. The Morgan fingerprint density at radius 3 is 2.85 bits per heavy atom. The average Bonchev–Trinajstić information content (AvgIpc) is 2.86. The van der Waals surface area contributed by atoms with Crippen LogP contribution in [0.2, 0.25) is 0 Å². The van der Waals surface area contributed by atoms with Crippen LogP contribution in [-0.4, -0.2) is 26.3 Å². The molecule has 0 radical (unpaired) electrons. The Morgan fingerprint density at radius 2 is 2.10 bits per heavy atom. The quantitative estimate of drug-likeness (QED) is 0.761. The lowest BCUT2D eigenvalue weighted by molar-refractivity contribution is 0.276. The van der Waals surface area contributed by atoms with Gasteiger partial charge < -0.3 is 10.4 Å². The monoisotopic (exact) mass is 268 g/mol. The fourth-order valence-corrected chi connectivity index (χ4v) is 2.24. The maximum absolute atomic E-state index is 9.61. The molecule has 2 N–H and O–H groups in total. The van der Waals surface area contributed by atoms with Crippen molar-refractivity contribution in [3.8, 4) is 0 Å². The largest absolute Gasteiger partial charge is 0.394 e. The fourth-order valence-electron chi connectivity index (χ4n) is 2.24. The van der Waals surface area contributed by atoms with Crippen molar-refractivity contribution >= 4 is 11.3 Å². The summed E-state index contributed by atoms with van der Waals surface area (Å²) in [6.45, 7) is 1.94. The van der Waals surface area contributed by atoms with Crippen molar-refractivity contribution in [2.75, 3.05) is 11.9 Å². The van der Waals surface area contributed by atoms with Gasteiger partial charge in [-0.25, -0.2) is 9.50 Å². The van der Waals surface area contributed by atoms with Crippen molar-refractivity contribution in [3.05, 3.63) is 60.0 Å². The average molecular weight is 268 g/mol. The molecule has 2 heterocycles. The summed E-state index contributed by atoms with van der Waals surface area (Å²) in [6.07, 6.45) is 3.51. The molecule has 1 atom stereocenters. The fraction of sp³-hybridized carbons (Fsp3) is 0.200. The van der Waals surface area contributed by atoms with Gasteiger partial charge in [-0.2, -0.15) is 5.10 Å². The van der Waals surface area contributed by atoms with Crippen LogP contribution < -0.4 is 5.32 Å². The van der Waals surface area contributed by atoms with Gasteiger partial charge in [0.15, 0.2) is 5.82 Å². The standard InChI is InChI=1S/C15H16N4O/c1-11-9-14-15(16-7-8-19(14)18-11)17-13(10-20)12-5-3-2-4-6-12/h2-9,13,20H,10H2,1H3,(H,16,17). The third-order valence-corrected chi connectivity index (χ3v) is 3.21. The first-order chi connectivity index (χ1) is 9.78. The summed E-state index contributed by atoms with van der Waals surface area (Å²) in [5.74, 6) is 0.719. The zero-order chi connectivity index (χ0) is 13.9. The molecule has 3 rings (SSSR count). The van der Waals surface area contributed by atoms with Crippen molar-refractivity contribution in [1.82, 2.24) is 14.6 Å². The summed E-state index contributed by atoms with van der Waals surface area (Å²) in [6, 6.07) is 11.6. The molecule has 1 aromatic carbocycles. The van der Waals surface area contributed by atoms with E-state index in [2.05, 4.69) is 15.4 Å². The first-order valence-corrected chi connectivity index (χ1v) is 6.51. The summed E-state index contributed by atoms with van der Waals surface area (Å²) in [5.41, 5.74) is 2.86. The smallest absolute Gasteiger partial charge is 0.152 e.